The number of carbonyl (C=O) groups is 1. The van der Waals surface area contributed by atoms with E-state index in [1.165, 1.54) is 0 Å². The number of nitrogens with one attached hydrogen (secondary N) is 1. The minimum atomic E-state index is -0.0385. The second-order valence-electron chi connectivity index (χ2n) is 6.77. The maximum Gasteiger partial charge on any atom is 0.252 e. The Labute approximate surface area is 179 Å². The molecule has 3 aromatic rings. The average molecular weight is 460 g/mol. The second-order valence-corrected chi connectivity index (χ2v) is 9.24. The molecule has 2 heterocycles. The first-order chi connectivity index (χ1) is 13.6. The summed E-state index contributed by atoms with van der Waals surface area (Å²) >= 11 is 5.12. The predicted octanol–water partition coefficient (Wildman–Crippen LogP) is 5.58. The van der Waals surface area contributed by atoms with Gasteiger partial charge in [-0.1, -0.05) is 32.0 Å². The highest BCUT2D eigenvalue weighted by atomic mass is 79.9. The lowest BCUT2D eigenvalue weighted by atomic mass is 10.1. The van der Waals surface area contributed by atoms with Crippen LogP contribution in [-0.2, 0) is 0 Å². The first-order valence-corrected chi connectivity index (χ1v) is 11.4. The molecule has 4 nitrogen and oxygen atoms in total. The molecule has 1 amide bonds. The van der Waals surface area contributed by atoms with E-state index in [0.717, 1.165) is 57.7 Å². The Kier molecular flexibility index (Phi) is 7.59. The van der Waals surface area contributed by atoms with Crippen LogP contribution in [0.25, 0.3) is 21.5 Å². The first-order valence-electron chi connectivity index (χ1n) is 9.78. The molecule has 0 saturated heterocycles. The topological polar surface area (TPSA) is 45.2 Å². The zero-order valence-electron chi connectivity index (χ0n) is 16.4. The van der Waals surface area contributed by atoms with E-state index in [1.54, 1.807) is 11.3 Å². The van der Waals surface area contributed by atoms with E-state index in [2.05, 4.69) is 40.0 Å². The normalized spacial score (nSPS) is 11.3. The van der Waals surface area contributed by atoms with Crippen molar-refractivity contribution in [3.63, 3.8) is 0 Å². The maximum atomic E-state index is 13.0. The number of pyridine rings is 1. The van der Waals surface area contributed by atoms with Crippen molar-refractivity contribution in [3.05, 3.63) is 51.8 Å². The van der Waals surface area contributed by atoms with E-state index in [4.69, 9.17) is 4.98 Å². The molecule has 2 aromatic heterocycles. The van der Waals surface area contributed by atoms with Crippen LogP contribution in [0.1, 0.15) is 37.0 Å². The fourth-order valence-corrected chi connectivity index (χ4v) is 4.68. The monoisotopic (exact) mass is 459 g/mol. The number of thiophene rings is 1. The van der Waals surface area contributed by atoms with Gasteiger partial charge in [-0.25, -0.2) is 4.98 Å². The van der Waals surface area contributed by atoms with Gasteiger partial charge >= 0.3 is 0 Å². The minimum absolute atomic E-state index is 0.0385. The Balaban J connectivity index is 1.81. The van der Waals surface area contributed by atoms with Crippen molar-refractivity contribution in [3.8, 4) is 10.6 Å². The Morgan fingerprint density at radius 2 is 1.86 bits per heavy atom. The highest BCUT2D eigenvalue weighted by Crippen LogP contribution is 2.32. The average Bonchev–Trinajstić information content (AvgIpc) is 3.13. The lowest BCUT2D eigenvalue weighted by molar-refractivity contribution is 0.0950. The maximum absolute atomic E-state index is 13.0. The fourth-order valence-electron chi connectivity index (χ4n) is 3.33. The molecule has 0 radical (unpaired) electrons. The molecule has 6 heteroatoms. The lowest BCUT2D eigenvalue weighted by Gasteiger charge is -2.21. The van der Waals surface area contributed by atoms with Crippen LogP contribution < -0.4 is 5.32 Å². The number of aromatic nitrogens is 1. The summed E-state index contributed by atoms with van der Waals surface area (Å²) in [5, 5.41) is 4.00. The van der Waals surface area contributed by atoms with E-state index in [1.807, 2.05) is 42.5 Å². The molecule has 3 rings (SSSR count). The summed E-state index contributed by atoms with van der Waals surface area (Å²) in [5.41, 5.74) is 2.36. The van der Waals surface area contributed by atoms with Crippen molar-refractivity contribution in [1.82, 2.24) is 15.2 Å². The Bertz CT molecular complexity index is 934. The third-order valence-electron chi connectivity index (χ3n) is 4.58. The highest BCUT2D eigenvalue weighted by Gasteiger charge is 2.15. The largest absolute Gasteiger partial charge is 0.351 e. The van der Waals surface area contributed by atoms with Gasteiger partial charge in [-0.05, 0) is 66.1 Å². The first kappa shape index (κ1) is 21.0. The van der Waals surface area contributed by atoms with Crippen molar-refractivity contribution >= 4 is 44.1 Å². The molecule has 0 aliphatic carbocycles. The number of fused-ring (bicyclic) bond motifs is 1. The van der Waals surface area contributed by atoms with Gasteiger partial charge in [0, 0.05) is 18.5 Å². The molecule has 1 aromatic carbocycles. The fraction of sp³-hybridized carbons (Fsp3) is 0.364. The number of hydrogen-bond donors (Lipinski definition) is 1. The van der Waals surface area contributed by atoms with Crippen molar-refractivity contribution in [2.45, 2.75) is 26.7 Å². The van der Waals surface area contributed by atoms with Gasteiger partial charge in [0.15, 0.2) is 0 Å². The number of nitrogens with zero attached hydrogens (tertiary/aromatic N) is 2. The summed E-state index contributed by atoms with van der Waals surface area (Å²) < 4.78 is 1.05. The molecule has 0 bridgehead atoms. The van der Waals surface area contributed by atoms with Crippen molar-refractivity contribution < 1.29 is 4.79 Å². The van der Waals surface area contributed by atoms with Gasteiger partial charge < -0.3 is 10.2 Å². The van der Waals surface area contributed by atoms with Crippen molar-refractivity contribution in [1.29, 1.82) is 0 Å². The van der Waals surface area contributed by atoms with Crippen molar-refractivity contribution in [2.24, 2.45) is 0 Å². The highest BCUT2D eigenvalue weighted by molar-refractivity contribution is 9.11. The van der Waals surface area contributed by atoms with Gasteiger partial charge in [0.05, 0.1) is 25.4 Å². The number of benzene rings is 1. The van der Waals surface area contributed by atoms with Gasteiger partial charge in [0.1, 0.15) is 0 Å². The number of amides is 1. The van der Waals surface area contributed by atoms with Crippen LogP contribution in [-0.4, -0.2) is 42.0 Å². The molecule has 0 saturated carbocycles. The van der Waals surface area contributed by atoms with Crippen LogP contribution >= 0.6 is 27.3 Å². The van der Waals surface area contributed by atoms with Crippen LogP contribution in [0.15, 0.2) is 46.3 Å². The van der Waals surface area contributed by atoms with E-state index in [-0.39, 0.29) is 5.91 Å². The van der Waals surface area contributed by atoms with Gasteiger partial charge in [-0.2, -0.15) is 0 Å². The molecule has 0 fully saturated rings. The number of hydrogen-bond acceptors (Lipinski definition) is 4. The van der Waals surface area contributed by atoms with Crippen LogP contribution in [0.4, 0.5) is 0 Å². The number of halogens is 1. The predicted molar refractivity (Wildman–Crippen MR) is 122 cm³/mol. The summed E-state index contributed by atoms with van der Waals surface area (Å²) in [4.78, 5) is 21.2. The van der Waals surface area contributed by atoms with E-state index in [9.17, 15) is 4.79 Å². The van der Waals surface area contributed by atoms with Crippen molar-refractivity contribution in [2.75, 3.05) is 26.2 Å². The smallest absolute Gasteiger partial charge is 0.252 e. The zero-order valence-corrected chi connectivity index (χ0v) is 18.8. The quantitative estimate of drug-likeness (QED) is 0.454. The summed E-state index contributed by atoms with van der Waals surface area (Å²) in [6.45, 7) is 8.04. The van der Waals surface area contributed by atoms with Gasteiger partial charge in [-0.15, -0.1) is 11.3 Å². The lowest BCUT2D eigenvalue weighted by Crippen LogP contribution is -2.35. The van der Waals surface area contributed by atoms with E-state index < -0.39 is 0 Å². The number of para-hydroxylation sites is 1. The zero-order chi connectivity index (χ0) is 19.9. The Morgan fingerprint density at radius 1 is 1.11 bits per heavy atom. The molecular weight excluding hydrogens is 434 g/mol. The van der Waals surface area contributed by atoms with Crippen LogP contribution in [0.3, 0.4) is 0 Å². The van der Waals surface area contributed by atoms with Crippen LogP contribution in [0.5, 0.6) is 0 Å². The standard InChI is InChI=1S/C22H26BrN3OS/c1-3-12-26(13-4-2)14-11-24-22(27)17-15-19(20-9-10-21(23)28-20)25-18-8-6-5-7-16(17)18/h5-10,15H,3-4,11-14H2,1-2H3,(H,24,27). The molecule has 0 unspecified atom stereocenters. The van der Waals surface area contributed by atoms with Gasteiger partial charge in [-0.3, -0.25) is 4.79 Å². The third kappa shape index (κ3) is 5.19. The molecular formula is C22H26BrN3OS. The minimum Gasteiger partial charge on any atom is -0.351 e. The molecule has 28 heavy (non-hydrogen) atoms. The second kappa shape index (κ2) is 10.1. The number of rotatable bonds is 9. The molecule has 0 atom stereocenters. The summed E-state index contributed by atoms with van der Waals surface area (Å²) in [6, 6.07) is 13.8. The molecule has 148 valence electrons. The SMILES string of the molecule is CCCN(CCC)CCNC(=O)c1cc(-c2ccc(Br)s2)nc2ccccc12. The summed E-state index contributed by atoms with van der Waals surface area (Å²) in [6.07, 6.45) is 2.26. The summed E-state index contributed by atoms with van der Waals surface area (Å²) in [7, 11) is 0. The molecule has 0 aliphatic rings. The molecule has 0 spiro atoms. The van der Waals surface area contributed by atoms with E-state index in [0.29, 0.717) is 12.1 Å². The molecule has 1 N–H and O–H groups in total. The van der Waals surface area contributed by atoms with Crippen LogP contribution in [0.2, 0.25) is 0 Å². The van der Waals surface area contributed by atoms with Gasteiger partial charge in [0.25, 0.3) is 5.91 Å². The third-order valence-corrected chi connectivity index (χ3v) is 6.23. The van der Waals surface area contributed by atoms with Gasteiger partial charge in [0.2, 0.25) is 0 Å². The Hall–Kier alpha value is -1.76. The molecule has 0 aliphatic heterocycles. The van der Waals surface area contributed by atoms with E-state index >= 15 is 0 Å². The van der Waals surface area contributed by atoms with Crippen LogP contribution in [0, 0.1) is 0 Å². The number of carbonyl (C=O) groups excluding carboxylic acids is 1. The Morgan fingerprint density at radius 3 is 2.54 bits per heavy atom. The summed E-state index contributed by atoms with van der Waals surface area (Å²) in [5.74, 6) is -0.0385.